The lowest BCUT2D eigenvalue weighted by Crippen LogP contribution is -2.31. The molecule has 0 radical (unpaired) electrons. The fourth-order valence-electron chi connectivity index (χ4n) is 1.11. The van der Waals surface area contributed by atoms with Gasteiger partial charge in [-0.05, 0) is 18.8 Å². The highest BCUT2D eigenvalue weighted by atomic mass is 15.3. The third-order valence-corrected chi connectivity index (χ3v) is 2.55. The molecule has 0 bridgehead atoms. The van der Waals surface area contributed by atoms with Crippen molar-refractivity contribution in [2.45, 2.75) is 34.1 Å². The number of rotatable bonds is 5. The highest BCUT2D eigenvalue weighted by Gasteiger charge is 2.12. The van der Waals surface area contributed by atoms with Gasteiger partial charge in [0.25, 0.3) is 0 Å². The summed E-state index contributed by atoms with van der Waals surface area (Å²) in [6.45, 7) is 15.1. The van der Waals surface area contributed by atoms with Crippen LogP contribution in [0.25, 0.3) is 0 Å². The summed E-state index contributed by atoms with van der Waals surface area (Å²) in [5, 5.41) is 0. The third-order valence-electron chi connectivity index (χ3n) is 2.55. The quantitative estimate of drug-likeness (QED) is 0.670. The van der Waals surface area contributed by atoms with Crippen LogP contribution in [0.1, 0.15) is 34.1 Å². The third kappa shape index (κ3) is 5.15. The van der Waals surface area contributed by atoms with Crippen LogP contribution in [0.15, 0.2) is 12.4 Å². The first-order valence-corrected chi connectivity index (χ1v) is 5.39. The zero-order chi connectivity index (χ0) is 11.4. The van der Waals surface area contributed by atoms with Crippen LogP contribution in [0, 0.1) is 5.41 Å². The molecule has 0 N–H and O–H groups in total. The van der Waals surface area contributed by atoms with Gasteiger partial charge in [-0.15, -0.1) is 0 Å². The van der Waals surface area contributed by atoms with Gasteiger partial charge in [0.15, 0.2) is 0 Å². The Morgan fingerprint density at radius 1 is 1.14 bits per heavy atom. The molecule has 0 heterocycles. The summed E-state index contributed by atoms with van der Waals surface area (Å²) in [5.74, 6) is 1.11. The fraction of sp³-hybridized carbons (Fsp3) is 0.833. The molecular weight excluding hydrogens is 172 g/mol. The Bertz CT molecular complexity index is 179. The number of hydrogen-bond acceptors (Lipinski definition) is 2. The maximum absolute atomic E-state index is 4.08. The Morgan fingerprint density at radius 2 is 1.64 bits per heavy atom. The smallest absolute Gasteiger partial charge is 0.0959 e. The standard InChI is InChI=1S/C12H26N2/c1-8-13(6)11(2)14(7)10-9-12(3,4)5/h2,8-10H2,1,3-7H3. The van der Waals surface area contributed by atoms with E-state index in [9.17, 15) is 0 Å². The topological polar surface area (TPSA) is 6.48 Å². The van der Waals surface area contributed by atoms with Gasteiger partial charge >= 0.3 is 0 Å². The molecule has 2 heteroatoms. The molecule has 0 rings (SSSR count). The van der Waals surface area contributed by atoms with Crippen molar-refractivity contribution in [3.05, 3.63) is 12.4 Å². The summed E-state index contributed by atoms with van der Waals surface area (Å²) in [6.07, 6.45) is 1.19. The van der Waals surface area contributed by atoms with Crippen LogP contribution >= 0.6 is 0 Å². The summed E-state index contributed by atoms with van der Waals surface area (Å²) in [5.41, 5.74) is 0.402. The number of hydrogen-bond donors (Lipinski definition) is 0. The molecule has 0 aliphatic heterocycles. The van der Waals surface area contributed by atoms with Gasteiger partial charge < -0.3 is 9.80 Å². The normalized spacial score (nSPS) is 11.3. The minimum absolute atomic E-state index is 0.402. The fourth-order valence-corrected chi connectivity index (χ4v) is 1.11. The molecule has 0 aliphatic carbocycles. The molecule has 0 aliphatic rings. The Hall–Kier alpha value is -0.660. The molecule has 0 spiro atoms. The van der Waals surface area contributed by atoms with Crippen molar-refractivity contribution in [2.75, 3.05) is 27.2 Å². The van der Waals surface area contributed by atoms with E-state index in [0.29, 0.717) is 5.41 Å². The first kappa shape index (κ1) is 13.3. The van der Waals surface area contributed by atoms with Crippen molar-refractivity contribution in [3.63, 3.8) is 0 Å². The second-order valence-corrected chi connectivity index (χ2v) is 5.16. The average Bonchev–Trinajstić information content (AvgIpc) is 2.10. The van der Waals surface area contributed by atoms with Gasteiger partial charge in [0, 0.05) is 27.2 Å². The zero-order valence-corrected chi connectivity index (χ0v) is 10.7. The van der Waals surface area contributed by atoms with Crippen LogP contribution in [0.5, 0.6) is 0 Å². The first-order valence-electron chi connectivity index (χ1n) is 5.39. The van der Waals surface area contributed by atoms with Gasteiger partial charge in [-0.1, -0.05) is 27.4 Å². The van der Waals surface area contributed by atoms with E-state index in [-0.39, 0.29) is 0 Å². The predicted molar refractivity (Wildman–Crippen MR) is 64.1 cm³/mol. The molecule has 2 nitrogen and oxygen atoms in total. The van der Waals surface area contributed by atoms with E-state index in [4.69, 9.17) is 0 Å². The minimum atomic E-state index is 0.402. The molecule has 0 aromatic carbocycles. The Balaban J connectivity index is 3.97. The molecule has 0 amide bonds. The van der Waals surface area contributed by atoms with Crippen LogP contribution < -0.4 is 0 Å². The van der Waals surface area contributed by atoms with Gasteiger partial charge in [0.2, 0.25) is 0 Å². The van der Waals surface area contributed by atoms with E-state index < -0.39 is 0 Å². The van der Waals surface area contributed by atoms with E-state index in [1.54, 1.807) is 0 Å². The summed E-state index contributed by atoms with van der Waals surface area (Å²) in [4.78, 5) is 4.40. The van der Waals surface area contributed by atoms with Crippen LogP contribution in [0.2, 0.25) is 0 Å². The van der Waals surface area contributed by atoms with Crippen LogP contribution in [0.4, 0.5) is 0 Å². The van der Waals surface area contributed by atoms with Crippen LogP contribution in [-0.4, -0.2) is 37.0 Å². The van der Waals surface area contributed by atoms with E-state index in [1.165, 1.54) is 6.42 Å². The summed E-state index contributed by atoms with van der Waals surface area (Å²) < 4.78 is 0. The second kappa shape index (κ2) is 5.28. The highest BCUT2D eigenvalue weighted by molar-refractivity contribution is 4.90. The van der Waals surface area contributed by atoms with E-state index in [1.807, 2.05) is 0 Å². The van der Waals surface area contributed by atoms with E-state index in [2.05, 4.69) is 58.2 Å². The minimum Gasteiger partial charge on any atom is -0.362 e. The average molecular weight is 198 g/mol. The molecule has 0 aromatic heterocycles. The van der Waals surface area contributed by atoms with Gasteiger partial charge in [-0.3, -0.25) is 0 Å². The monoisotopic (exact) mass is 198 g/mol. The molecule has 84 valence electrons. The maximum Gasteiger partial charge on any atom is 0.0959 e. The first-order chi connectivity index (χ1) is 6.28. The Morgan fingerprint density at radius 3 is 2.00 bits per heavy atom. The molecule has 0 saturated carbocycles. The highest BCUT2D eigenvalue weighted by Crippen LogP contribution is 2.19. The van der Waals surface area contributed by atoms with Crippen molar-refractivity contribution >= 4 is 0 Å². The molecule has 14 heavy (non-hydrogen) atoms. The van der Waals surface area contributed by atoms with Gasteiger partial charge in [0.1, 0.15) is 0 Å². The molecular formula is C12H26N2. The van der Waals surface area contributed by atoms with Crippen molar-refractivity contribution in [1.82, 2.24) is 9.80 Å². The molecule has 0 aromatic rings. The predicted octanol–water partition coefficient (Wildman–Crippen LogP) is 2.78. The largest absolute Gasteiger partial charge is 0.362 e. The van der Waals surface area contributed by atoms with Gasteiger partial charge in [-0.25, -0.2) is 0 Å². The Kier molecular flexibility index (Phi) is 5.03. The lowest BCUT2D eigenvalue weighted by molar-refractivity contribution is 0.242. The molecule has 0 atom stereocenters. The van der Waals surface area contributed by atoms with E-state index >= 15 is 0 Å². The second-order valence-electron chi connectivity index (χ2n) is 5.16. The molecule has 0 unspecified atom stereocenters. The summed E-state index contributed by atoms with van der Waals surface area (Å²) in [7, 11) is 4.19. The zero-order valence-electron chi connectivity index (χ0n) is 10.7. The van der Waals surface area contributed by atoms with Crippen LogP contribution in [-0.2, 0) is 0 Å². The van der Waals surface area contributed by atoms with Crippen LogP contribution in [0.3, 0.4) is 0 Å². The van der Waals surface area contributed by atoms with Gasteiger partial charge in [0.05, 0.1) is 5.82 Å². The summed E-state index contributed by atoms with van der Waals surface area (Å²) >= 11 is 0. The maximum atomic E-state index is 4.08. The molecule has 0 saturated heterocycles. The summed E-state index contributed by atoms with van der Waals surface area (Å²) in [6, 6.07) is 0. The SMILES string of the molecule is C=C(N(C)CC)N(C)CCC(C)(C)C. The lowest BCUT2D eigenvalue weighted by Gasteiger charge is -2.31. The lowest BCUT2D eigenvalue weighted by atomic mass is 9.92. The number of nitrogens with zero attached hydrogens (tertiary/aromatic N) is 2. The van der Waals surface area contributed by atoms with Crippen molar-refractivity contribution in [3.8, 4) is 0 Å². The van der Waals surface area contributed by atoms with E-state index in [0.717, 1.165) is 18.9 Å². The van der Waals surface area contributed by atoms with Gasteiger partial charge in [-0.2, -0.15) is 0 Å². The van der Waals surface area contributed by atoms with Crippen molar-refractivity contribution < 1.29 is 0 Å². The molecule has 0 fully saturated rings. The Labute approximate surface area is 89.6 Å². The van der Waals surface area contributed by atoms with Crippen molar-refractivity contribution in [2.24, 2.45) is 5.41 Å². The van der Waals surface area contributed by atoms with Crippen molar-refractivity contribution in [1.29, 1.82) is 0 Å².